The summed E-state index contributed by atoms with van der Waals surface area (Å²) in [7, 11) is 0. The molecule has 132 valence electrons. The summed E-state index contributed by atoms with van der Waals surface area (Å²) in [6.45, 7) is 6.20. The molecule has 1 aliphatic carbocycles. The van der Waals surface area contributed by atoms with E-state index in [-0.39, 0.29) is 11.8 Å². The van der Waals surface area contributed by atoms with E-state index in [0.717, 1.165) is 40.9 Å². The van der Waals surface area contributed by atoms with Crippen LogP contribution < -0.4 is 10.2 Å². The molecule has 1 N–H and O–H groups in total. The number of carbonyl (C=O) groups is 1. The third-order valence-corrected chi connectivity index (χ3v) is 5.27. The average Bonchev–Trinajstić information content (AvgIpc) is 3.30. The summed E-state index contributed by atoms with van der Waals surface area (Å²) in [5.41, 5.74) is 4.94. The third-order valence-electron chi connectivity index (χ3n) is 5.27. The maximum absolute atomic E-state index is 13.3. The van der Waals surface area contributed by atoms with Gasteiger partial charge in [0, 0.05) is 35.9 Å². The van der Waals surface area contributed by atoms with Crippen molar-refractivity contribution in [3.63, 3.8) is 0 Å². The van der Waals surface area contributed by atoms with Crippen molar-refractivity contribution >= 4 is 28.1 Å². The zero-order chi connectivity index (χ0) is 17.8. The van der Waals surface area contributed by atoms with Crippen LogP contribution in [0.25, 0.3) is 22.2 Å². The van der Waals surface area contributed by atoms with Crippen LogP contribution in [0.3, 0.4) is 0 Å². The second-order valence-electron chi connectivity index (χ2n) is 7.42. The van der Waals surface area contributed by atoms with Gasteiger partial charge in [-0.15, -0.1) is 0 Å². The second kappa shape index (κ2) is 5.59. The maximum atomic E-state index is 13.3. The lowest BCUT2D eigenvalue weighted by Crippen LogP contribution is -2.21. The van der Waals surface area contributed by atoms with Crippen molar-refractivity contribution in [2.75, 3.05) is 23.3 Å². The molecule has 0 amide bonds. The number of nitrogens with one attached hydrogen (secondary N) is 1. The normalized spacial score (nSPS) is 15.8. The van der Waals surface area contributed by atoms with E-state index in [1.807, 2.05) is 24.3 Å². The fraction of sp³-hybridized carbons (Fsp3) is 0.333. The van der Waals surface area contributed by atoms with Gasteiger partial charge in [-0.2, -0.15) is 0 Å². The van der Waals surface area contributed by atoms with Gasteiger partial charge in [-0.05, 0) is 32.8 Å². The van der Waals surface area contributed by atoms with Crippen molar-refractivity contribution in [3.8, 4) is 11.3 Å². The summed E-state index contributed by atoms with van der Waals surface area (Å²) in [5.74, 6) is 0.746. The minimum atomic E-state index is 0.0393. The number of rotatable bonds is 3. The van der Waals surface area contributed by atoms with Crippen LogP contribution >= 0.6 is 0 Å². The van der Waals surface area contributed by atoms with E-state index in [1.54, 1.807) is 0 Å². The van der Waals surface area contributed by atoms with E-state index >= 15 is 0 Å². The molecular formula is C21H21N3O2. The standard InChI is InChI=1S/C21H21N3O2/c1-12(2)22-15-11-16(24-9-5-6-10-24)19-18-17(15)20(25)13-7-3-4-8-14(13)21(18)26-23-19/h3-4,7-8,11-12,22H,5-6,9-10H2,1-2H3. The summed E-state index contributed by atoms with van der Waals surface area (Å²) < 4.78 is 5.77. The van der Waals surface area contributed by atoms with Gasteiger partial charge in [0.1, 0.15) is 5.52 Å². The Morgan fingerprint density at radius 3 is 2.62 bits per heavy atom. The topological polar surface area (TPSA) is 58.4 Å². The van der Waals surface area contributed by atoms with Crippen molar-refractivity contribution in [2.24, 2.45) is 0 Å². The van der Waals surface area contributed by atoms with Crippen LogP contribution in [0.4, 0.5) is 11.4 Å². The molecule has 2 aromatic carbocycles. The van der Waals surface area contributed by atoms with E-state index in [4.69, 9.17) is 4.52 Å². The predicted molar refractivity (Wildman–Crippen MR) is 103 cm³/mol. The van der Waals surface area contributed by atoms with E-state index in [9.17, 15) is 4.79 Å². The van der Waals surface area contributed by atoms with Gasteiger partial charge in [-0.3, -0.25) is 4.79 Å². The molecule has 1 fully saturated rings. The molecule has 0 spiro atoms. The maximum Gasteiger partial charge on any atom is 0.196 e. The number of fused-ring (bicyclic) bond motifs is 2. The van der Waals surface area contributed by atoms with Gasteiger partial charge >= 0.3 is 0 Å². The SMILES string of the molecule is CC(C)Nc1cc(N2CCCC2)c2noc3c2c1C(=O)c1ccccc1-3. The minimum Gasteiger partial charge on any atom is -0.382 e. The molecule has 1 aromatic heterocycles. The van der Waals surface area contributed by atoms with Crippen molar-refractivity contribution < 1.29 is 9.32 Å². The summed E-state index contributed by atoms with van der Waals surface area (Å²) >= 11 is 0. The van der Waals surface area contributed by atoms with Crippen LogP contribution in [0.2, 0.25) is 0 Å². The minimum absolute atomic E-state index is 0.0393. The van der Waals surface area contributed by atoms with Gasteiger partial charge < -0.3 is 14.7 Å². The molecule has 0 atom stereocenters. The van der Waals surface area contributed by atoms with Crippen LogP contribution in [0.5, 0.6) is 0 Å². The average molecular weight is 347 g/mol. The van der Waals surface area contributed by atoms with Crippen molar-refractivity contribution in [1.82, 2.24) is 5.16 Å². The Kier molecular flexibility index (Phi) is 3.32. The first kappa shape index (κ1) is 15.4. The zero-order valence-electron chi connectivity index (χ0n) is 15.0. The van der Waals surface area contributed by atoms with Crippen molar-refractivity contribution in [2.45, 2.75) is 32.7 Å². The Labute approximate surface area is 152 Å². The molecule has 5 rings (SSSR count). The molecule has 0 bridgehead atoms. The van der Waals surface area contributed by atoms with E-state index in [2.05, 4.69) is 35.3 Å². The van der Waals surface area contributed by atoms with Gasteiger partial charge in [0.05, 0.1) is 16.6 Å². The molecule has 0 unspecified atom stereocenters. The Hall–Kier alpha value is -2.82. The summed E-state index contributed by atoms with van der Waals surface area (Å²) in [5, 5.41) is 8.72. The molecule has 2 heterocycles. The van der Waals surface area contributed by atoms with E-state index in [1.165, 1.54) is 12.8 Å². The number of benzene rings is 2. The number of hydrogen-bond acceptors (Lipinski definition) is 5. The number of hydrogen-bond donors (Lipinski definition) is 1. The lowest BCUT2D eigenvalue weighted by Gasteiger charge is -2.24. The number of carbonyl (C=O) groups excluding carboxylic acids is 1. The van der Waals surface area contributed by atoms with Crippen LogP contribution in [-0.2, 0) is 0 Å². The molecule has 0 saturated carbocycles. The first-order valence-electron chi connectivity index (χ1n) is 9.27. The molecule has 3 aromatic rings. The van der Waals surface area contributed by atoms with Crippen LogP contribution in [0.15, 0.2) is 34.9 Å². The smallest absolute Gasteiger partial charge is 0.196 e. The fourth-order valence-corrected chi connectivity index (χ4v) is 4.17. The van der Waals surface area contributed by atoms with Gasteiger partial charge in [-0.1, -0.05) is 29.4 Å². The highest BCUT2D eigenvalue weighted by Crippen LogP contribution is 2.46. The molecule has 0 radical (unpaired) electrons. The lowest BCUT2D eigenvalue weighted by molar-refractivity contribution is 0.104. The Morgan fingerprint density at radius 1 is 1.15 bits per heavy atom. The second-order valence-corrected chi connectivity index (χ2v) is 7.42. The predicted octanol–water partition coefficient (Wildman–Crippen LogP) is 4.46. The van der Waals surface area contributed by atoms with Crippen LogP contribution in [0.1, 0.15) is 42.6 Å². The molecule has 26 heavy (non-hydrogen) atoms. The number of aromatic nitrogens is 1. The molecule has 2 aliphatic rings. The quantitative estimate of drug-likeness (QED) is 0.593. The molecule has 5 heteroatoms. The van der Waals surface area contributed by atoms with Crippen molar-refractivity contribution in [3.05, 3.63) is 41.5 Å². The summed E-state index contributed by atoms with van der Waals surface area (Å²) in [6.07, 6.45) is 2.37. The first-order chi connectivity index (χ1) is 12.6. The van der Waals surface area contributed by atoms with Gasteiger partial charge in [0.2, 0.25) is 0 Å². The highest BCUT2D eigenvalue weighted by atomic mass is 16.5. The first-order valence-corrected chi connectivity index (χ1v) is 9.27. The van der Waals surface area contributed by atoms with E-state index < -0.39 is 0 Å². The third kappa shape index (κ3) is 2.09. The fourth-order valence-electron chi connectivity index (χ4n) is 4.17. The largest absolute Gasteiger partial charge is 0.382 e. The summed E-state index contributed by atoms with van der Waals surface area (Å²) in [4.78, 5) is 15.7. The van der Waals surface area contributed by atoms with Gasteiger partial charge in [-0.25, -0.2) is 0 Å². The van der Waals surface area contributed by atoms with Crippen LogP contribution in [0, 0.1) is 0 Å². The molecular weight excluding hydrogens is 326 g/mol. The highest BCUT2D eigenvalue weighted by Gasteiger charge is 2.33. The Bertz CT molecular complexity index is 1030. The lowest BCUT2D eigenvalue weighted by atomic mass is 9.86. The number of ketones is 1. The molecule has 1 aliphatic heterocycles. The summed E-state index contributed by atoms with van der Waals surface area (Å²) in [6, 6.07) is 9.94. The molecule has 5 nitrogen and oxygen atoms in total. The Balaban J connectivity index is 1.85. The molecule has 1 saturated heterocycles. The van der Waals surface area contributed by atoms with Crippen LogP contribution in [-0.4, -0.2) is 30.1 Å². The Morgan fingerprint density at radius 2 is 1.88 bits per heavy atom. The monoisotopic (exact) mass is 347 g/mol. The highest BCUT2D eigenvalue weighted by molar-refractivity contribution is 6.28. The van der Waals surface area contributed by atoms with E-state index in [0.29, 0.717) is 16.9 Å². The van der Waals surface area contributed by atoms with Gasteiger partial charge in [0.25, 0.3) is 0 Å². The number of nitrogens with zero attached hydrogens (tertiary/aromatic N) is 2. The number of anilines is 2. The van der Waals surface area contributed by atoms with Gasteiger partial charge in [0.15, 0.2) is 11.5 Å². The van der Waals surface area contributed by atoms with Crippen molar-refractivity contribution in [1.29, 1.82) is 0 Å². The zero-order valence-corrected chi connectivity index (χ0v) is 15.0.